The molecule has 4 aromatic rings. The lowest BCUT2D eigenvalue weighted by Gasteiger charge is -2.19. The Balaban J connectivity index is 1.35. The van der Waals surface area contributed by atoms with Gasteiger partial charge in [0.15, 0.2) is 0 Å². The summed E-state index contributed by atoms with van der Waals surface area (Å²) in [6.07, 6.45) is 2.22. The van der Waals surface area contributed by atoms with Gasteiger partial charge in [0.1, 0.15) is 12.4 Å². The van der Waals surface area contributed by atoms with Crippen molar-refractivity contribution in [1.29, 1.82) is 0 Å². The summed E-state index contributed by atoms with van der Waals surface area (Å²) in [6.45, 7) is 2.81. The lowest BCUT2D eigenvalue weighted by molar-refractivity contribution is 0.306. The smallest absolute Gasteiger partial charge is 0.119 e. The molecule has 0 fully saturated rings. The molecule has 0 aliphatic heterocycles. The van der Waals surface area contributed by atoms with Gasteiger partial charge in [-0.05, 0) is 78.4 Å². The minimum absolute atomic E-state index is 0.492. The Morgan fingerprint density at radius 1 is 0.759 bits per heavy atom. The summed E-state index contributed by atoms with van der Waals surface area (Å²) in [6, 6.07) is 32.6. The van der Waals surface area contributed by atoms with Crippen LogP contribution in [0.1, 0.15) is 28.4 Å². The number of aryl methyl sites for hydroxylation is 1. The van der Waals surface area contributed by atoms with Gasteiger partial charge in [0.05, 0.1) is 0 Å². The summed E-state index contributed by atoms with van der Waals surface area (Å²) in [5.74, 6) is 0.903. The molecule has 0 saturated carbocycles. The number of hydrogen-bond donors (Lipinski definition) is 0. The molecule has 1 aliphatic carbocycles. The predicted molar refractivity (Wildman–Crippen MR) is 118 cm³/mol. The highest BCUT2D eigenvalue weighted by Crippen LogP contribution is 2.35. The highest BCUT2D eigenvalue weighted by Gasteiger charge is 2.25. The van der Waals surface area contributed by atoms with Gasteiger partial charge in [-0.15, -0.1) is 0 Å². The zero-order valence-corrected chi connectivity index (χ0v) is 16.7. The van der Waals surface area contributed by atoms with Crippen LogP contribution in [-0.4, -0.2) is 4.57 Å². The quantitative estimate of drug-likeness (QED) is 0.392. The van der Waals surface area contributed by atoms with E-state index in [0.717, 1.165) is 18.6 Å². The number of hydrogen-bond acceptors (Lipinski definition) is 1. The SMILES string of the molecule is Cc1ccc(-c2ccc(OCc3ccccc3)cc2)n1C1Cc2ccccc2C1. The molecule has 5 rings (SSSR count). The van der Waals surface area contributed by atoms with Crippen LogP contribution >= 0.6 is 0 Å². The van der Waals surface area contributed by atoms with Crippen LogP contribution in [0.15, 0.2) is 91.0 Å². The molecular weight excluding hydrogens is 354 g/mol. The van der Waals surface area contributed by atoms with E-state index in [1.165, 1.54) is 33.6 Å². The zero-order chi connectivity index (χ0) is 19.6. The molecule has 0 unspecified atom stereocenters. The maximum atomic E-state index is 5.95. The molecule has 3 aromatic carbocycles. The monoisotopic (exact) mass is 379 g/mol. The molecule has 1 aromatic heterocycles. The van der Waals surface area contributed by atoms with Gasteiger partial charge < -0.3 is 9.30 Å². The fourth-order valence-corrected chi connectivity index (χ4v) is 4.45. The molecular formula is C27H25NO. The Morgan fingerprint density at radius 2 is 1.41 bits per heavy atom. The van der Waals surface area contributed by atoms with Crippen LogP contribution in [0.2, 0.25) is 0 Å². The zero-order valence-electron chi connectivity index (χ0n) is 16.7. The van der Waals surface area contributed by atoms with Crippen molar-refractivity contribution >= 4 is 0 Å². The number of ether oxygens (including phenoxy) is 1. The van der Waals surface area contributed by atoms with Gasteiger partial charge in [-0.2, -0.15) is 0 Å². The summed E-state index contributed by atoms with van der Waals surface area (Å²) < 4.78 is 8.47. The van der Waals surface area contributed by atoms with Gasteiger partial charge >= 0.3 is 0 Å². The minimum Gasteiger partial charge on any atom is -0.489 e. The molecule has 0 saturated heterocycles. The molecule has 1 aliphatic rings. The molecule has 0 atom stereocenters. The topological polar surface area (TPSA) is 14.2 Å². The molecule has 29 heavy (non-hydrogen) atoms. The Hall–Kier alpha value is -3.26. The van der Waals surface area contributed by atoms with Crippen molar-refractivity contribution in [2.24, 2.45) is 0 Å². The molecule has 144 valence electrons. The lowest BCUT2D eigenvalue weighted by atomic mass is 10.1. The second-order valence-corrected chi connectivity index (χ2v) is 7.86. The van der Waals surface area contributed by atoms with Crippen molar-refractivity contribution in [1.82, 2.24) is 4.57 Å². The van der Waals surface area contributed by atoms with Gasteiger partial charge in [0.25, 0.3) is 0 Å². The van der Waals surface area contributed by atoms with Gasteiger partial charge in [-0.1, -0.05) is 54.6 Å². The molecule has 0 radical (unpaired) electrons. The Morgan fingerprint density at radius 3 is 2.10 bits per heavy atom. The van der Waals surface area contributed by atoms with Crippen molar-refractivity contribution in [2.75, 3.05) is 0 Å². The van der Waals surface area contributed by atoms with Crippen LogP contribution in [0.5, 0.6) is 5.75 Å². The largest absolute Gasteiger partial charge is 0.489 e. The first-order chi connectivity index (χ1) is 14.3. The summed E-state index contributed by atoms with van der Waals surface area (Å²) in [4.78, 5) is 0. The van der Waals surface area contributed by atoms with Crippen LogP contribution in [-0.2, 0) is 19.4 Å². The first-order valence-electron chi connectivity index (χ1n) is 10.3. The Labute approximate surface area is 172 Å². The lowest BCUT2D eigenvalue weighted by Crippen LogP contribution is -2.11. The summed E-state index contributed by atoms with van der Waals surface area (Å²) in [5, 5.41) is 0. The number of fused-ring (bicyclic) bond motifs is 1. The molecule has 0 N–H and O–H groups in total. The average Bonchev–Trinajstić information content (AvgIpc) is 3.36. The number of aromatic nitrogens is 1. The highest BCUT2D eigenvalue weighted by molar-refractivity contribution is 5.62. The number of rotatable bonds is 5. The molecule has 2 heteroatoms. The van der Waals surface area contributed by atoms with Gasteiger partial charge in [-0.25, -0.2) is 0 Å². The van der Waals surface area contributed by atoms with E-state index in [-0.39, 0.29) is 0 Å². The van der Waals surface area contributed by atoms with Crippen LogP contribution in [0, 0.1) is 6.92 Å². The maximum absolute atomic E-state index is 5.95. The van der Waals surface area contributed by atoms with Gasteiger partial charge in [0.2, 0.25) is 0 Å². The first-order valence-corrected chi connectivity index (χ1v) is 10.3. The van der Waals surface area contributed by atoms with Crippen LogP contribution in [0.25, 0.3) is 11.3 Å². The fourth-order valence-electron chi connectivity index (χ4n) is 4.45. The van der Waals surface area contributed by atoms with Gasteiger partial charge in [-0.3, -0.25) is 0 Å². The normalized spacial score (nSPS) is 13.4. The van der Waals surface area contributed by atoms with E-state index >= 15 is 0 Å². The van der Waals surface area contributed by atoms with Crippen molar-refractivity contribution < 1.29 is 4.74 Å². The summed E-state index contributed by atoms with van der Waals surface area (Å²) >= 11 is 0. The maximum Gasteiger partial charge on any atom is 0.119 e. The predicted octanol–water partition coefficient (Wildman–Crippen LogP) is 6.38. The molecule has 1 heterocycles. The Kier molecular flexibility index (Phi) is 4.69. The molecule has 2 nitrogen and oxygen atoms in total. The molecule has 0 amide bonds. The minimum atomic E-state index is 0.492. The van der Waals surface area contributed by atoms with Crippen LogP contribution in [0.3, 0.4) is 0 Å². The van der Waals surface area contributed by atoms with Crippen molar-refractivity contribution in [3.05, 3.63) is 113 Å². The van der Waals surface area contributed by atoms with Crippen molar-refractivity contribution in [2.45, 2.75) is 32.4 Å². The summed E-state index contributed by atoms with van der Waals surface area (Å²) in [5.41, 5.74) is 8.00. The van der Waals surface area contributed by atoms with Crippen LogP contribution < -0.4 is 4.74 Å². The third kappa shape index (κ3) is 3.58. The highest BCUT2D eigenvalue weighted by atomic mass is 16.5. The van der Waals surface area contributed by atoms with E-state index < -0.39 is 0 Å². The number of benzene rings is 3. The second kappa shape index (κ2) is 7.63. The fraction of sp³-hybridized carbons (Fsp3) is 0.185. The standard InChI is InChI=1S/C27H25NO/c1-20-11-16-27(28(20)25-17-23-9-5-6-10-24(23)18-25)22-12-14-26(15-13-22)29-19-21-7-3-2-4-8-21/h2-16,25H,17-19H2,1H3. The first kappa shape index (κ1) is 17.8. The molecule has 0 bridgehead atoms. The van der Waals surface area contributed by atoms with E-state index in [4.69, 9.17) is 4.74 Å². The third-order valence-corrected chi connectivity index (χ3v) is 5.91. The average molecular weight is 380 g/mol. The van der Waals surface area contributed by atoms with E-state index in [1.807, 2.05) is 18.2 Å². The van der Waals surface area contributed by atoms with E-state index in [1.54, 1.807) is 0 Å². The van der Waals surface area contributed by atoms with Gasteiger partial charge in [0, 0.05) is 17.4 Å². The molecule has 0 spiro atoms. The third-order valence-electron chi connectivity index (χ3n) is 5.91. The Bertz CT molecular complexity index is 1080. The van der Waals surface area contributed by atoms with Crippen LogP contribution in [0.4, 0.5) is 0 Å². The van der Waals surface area contributed by atoms with E-state index in [2.05, 4.69) is 84.3 Å². The van der Waals surface area contributed by atoms with Crippen molar-refractivity contribution in [3.8, 4) is 17.0 Å². The van der Waals surface area contributed by atoms with E-state index in [9.17, 15) is 0 Å². The summed E-state index contributed by atoms with van der Waals surface area (Å²) in [7, 11) is 0. The van der Waals surface area contributed by atoms with Crippen molar-refractivity contribution in [3.63, 3.8) is 0 Å². The second-order valence-electron chi connectivity index (χ2n) is 7.86. The van der Waals surface area contributed by atoms with E-state index in [0.29, 0.717) is 12.6 Å². The number of nitrogens with zero attached hydrogens (tertiary/aromatic N) is 1.